The van der Waals surface area contributed by atoms with Crippen LogP contribution >= 0.6 is 12.6 Å². The molecule has 68 valence electrons. The molecule has 0 aromatic heterocycles. The van der Waals surface area contributed by atoms with E-state index in [0.29, 0.717) is 10.5 Å². The molecule has 0 atom stereocenters. The van der Waals surface area contributed by atoms with Crippen molar-refractivity contribution in [3.05, 3.63) is 29.3 Å². The lowest BCUT2D eigenvalue weighted by Gasteiger charge is -2.01. The fourth-order valence-corrected chi connectivity index (χ4v) is 1.24. The van der Waals surface area contributed by atoms with Crippen molar-refractivity contribution in [1.29, 1.82) is 0 Å². The monoisotopic (exact) mass is 196 g/mol. The van der Waals surface area contributed by atoms with Crippen molar-refractivity contribution in [2.45, 2.75) is 11.8 Å². The van der Waals surface area contributed by atoms with Crippen molar-refractivity contribution in [1.82, 2.24) is 0 Å². The molecule has 0 aliphatic rings. The SMILES string of the molecule is CC(=O)c1ccc(C(=O)O)c(S)c1. The van der Waals surface area contributed by atoms with E-state index in [9.17, 15) is 9.59 Å². The van der Waals surface area contributed by atoms with Gasteiger partial charge in [-0.3, -0.25) is 4.79 Å². The molecule has 1 N–H and O–H groups in total. The lowest BCUT2D eigenvalue weighted by Crippen LogP contribution is -2.00. The Hall–Kier alpha value is -1.29. The van der Waals surface area contributed by atoms with E-state index in [0.717, 1.165) is 0 Å². The molecular formula is C9H8O3S. The number of ketones is 1. The molecule has 0 fully saturated rings. The van der Waals surface area contributed by atoms with Crippen molar-refractivity contribution >= 4 is 24.4 Å². The predicted molar refractivity (Wildman–Crippen MR) is 50.7 cm³/mol. The number of benzene rings is 1. The van der Waals surface area contributed by atoms with Crippen LogP contribution in [0.15, 0.2) is 23.1 Å². The highest BCUT2D eigenvalue weighted by atomic mass is 32.1. The van der Waals surface area contributed by atoms with Crippen LogP contribution in [0.1, 0.15) is 27.6 Å². The Morgan fingerprint density at radius 2 is 2.00 bits per heavy atom. The molecular weight excluding hydrogens is 188 g/mol. The maximum Gasteiger partial charge on any atom is 0.336 e. The standard InChI is InChI=1S/C9H8O3S/c1-5(10)6-2-3-7(9(11)12)8(13)4-6/h2-4,13H,1H3,(H,11,12). The maximum atomic E-state index is 10.9. The lowest BCUT2D eigenvalue weighted by atomic mass is 10.1. The lowest BCUT2D eigenvalue weighted by molar-refractivity contribution is 0.0692. The van der Waals surface area contributed by atoms with Crippen LogP contribution in [0, 0.1) is 0 Å². The van der Waals surface area contributed by atoms with Crippen LogP contribution in [0.5, 0.6) is 0 Å². The van der Waals surface area contributed by atoms with E-state index >= 15 is 0 Å². The fourth-order valence-electron chi connectivity index (χ4n) is 0.931. The predicted octanol–water partition coefficient (Wildman–Crippen LogP) is 1.88. The van der Waals surface area contributed by atoms with E-state index in [1.54, 1.807) is 0 Å². The van der Waals surface area contributed by atoms with Crippen LogP contribution in [0.3, 0.4) is 0 Å². The van der Waals surface area contributed by atoms with Crippen molar-refractivity contribution in [3.8, 4) is 0 Å². The second-order valence-corrected chi connectivity index (χ2v) is 3.08. The minimum atomic E-state index is -1.04. The van der Waals surface area contributed by atoms with Gasteiger partial charge in [0, 0.05) is 10.5 Å². The average molecular weight is 196 g/mol. The van der Waals surface area contributed by atoms with E-state index in [1.165, 1.54) is 25.1 Å². The molecule has 0 radical (unpaired) electrons. The average Bonchev–Trinajstić information content (AvgIpc) is 2.03. The van der Waals surface area contributed by atoms with Crippen LogP contribution in [0.2, 0.25) is 0 Å². The van der Waals surface area contributed by atoms with E-state index in [-0.39, 0.29) is 11.3 Å². The Balaban J connectivity index is 3.20. The minimum Gasteiger partial charge on any atom is -0.478 e. The molecule has 1 aromatic carbocycles. The van der Waals surface area contributed by atoms with Crippen molar-refractivity contribution in [2.24, 2.45) is 0 Å². The first-order valence-corrected chi connectivity index (χ1v) is 4.04. The summed E-state index contributed by atoms with van der Waals surface area (Å²) in [6.45, 7) is 1.42. The van der Waals surface area contributed by atoms with Gasteiger partial charge in [-0.25, -0.2) is 4.79 Å². The van der Waals surface area contributed by atoms with Crippen molar-refractivity contribution in [3.63, 3.8) is 0 Å². The molecule has 0 bridgehead atoms. The van der Waals surface area contributed by atoms with Gasteiger partial charge in [-0.05, 0) is 19.1 Å². The molecule has 13 heavy (non-hydrogen) atoms. The Kier molecular flexibility index (Phi) is 2.72. The third-order valence-corrected chi connectivity index (χ3v) is 2.00. The number of carboxylic acids is 1. The number of carboxylic acid groups (broad SMARTS) is 1. The van der Waals surface area contributed by atoms with Crippen molar-refractivity contribution in [2.75, 3.05) is 0 Å². The number of carbonyl (C=O) groups is 2. The van der Waals surface area contributed by atoms with Crippen LogP contribution in [0.25, 0.3) is 0 Å². The minimum absolute atomic E-state index is 0.104. The molecule has 0 heterocycles. The van der Waals surface area contributed by atoms with Gasteiger partial charge in [0.15, 0.2) is 5.78 Å². The summed E-state index contributed by atoms with van der Waals surface area (Å²) in [4.78, 5) is 21.8. The Bertz CT molecular complexity index is 371. The molecule has 0 spiro atoms. The van der Waals surface area contributed by atoms with Crippen LogP contribution in [-0.4, -0.2) is 16.9 Å². The summed E-state index contributed by atoms with van der Waals surface area (Å²) >= 11 is 3.97. The summed E-state index contributed by atoms with van der Waals surface area (Å²) in [6, 6.07) is 4.31. The zero-order valence-electron chi connectivity index (χ0n) is 6.94. The molecule has 0 unspecified atom stereocenters. The molecule has 0 aliphatic carbocycles. The van der Waals surface area contributed by atoms with Gasteiger partial charge >= 0.3 is 5.97 Å². The summed E-state index contributed by atoms with van der Waals surface area (Å²) in [5, 5.41) is 8.66. The second kappa shape index (κ2) is 3.62. The van der Waals surface area contributed by atoms with E-state index in [4.69, 9.17) is 5.11 Å². The summed E-state index contributed by atoms with van der Waals surface area (Å²) in [5.41, 5.74) is 0.573. The van der Waals surface area contributed by atoms with Gasteiger partial charge in [-0.1, -0.05) is 6.07 Å². The van der Waals surface area contributed by atoms with Crippen LogP contribution < -0.4 is 0 Å². The number of aromatic carboxylic acids is 1. The van der Waals surface area contributed by atoms with Gasteiger partial charge in [0.05, 0.1) is 5.56 Å². The number of rotatable bonds is 2. The van der Waals surface area contributed by atoms with Crippen LogP contribution in [0.4, 0.5) is 0 Å². The maximum absolute atomic E-state index is 10.9. The van der Waals surface area contributed by atoms with Gasteiger partial charge in [-0.2, -0.15) is 0 Å². The summed E-state index contributed by atoms with van der Waals surface area (Å²) in [6.07, 6.45) is 0. The Morgan fingerprint density at radius 3 is 2.38 bits per heavy atom. The third-order valence-electron chi connectivity index (χ3n) is 1.63. The Labute approximate surface area is 80.8 Å². The molecule has 0 amide bonds. The molecule has 0 saturated heterocycles. The highest BCUT2D eigenvalue weighted by Crippen LogP contribution is 2.16. The zero-order valence-corrected chi connectivity index (χ0v) is 7.84. The normalized spacial score (nSPS) is 9.69. The number of hydrogen-bond acceptors (Lipinski definition) is 3. The van der Waals surface area contributed by atoms with Gasteiger partial charge in [0.2, 0.25) is 0 Å². The fraction of sp³-hybridized carbons (Fsp3) is 0.111. The van der Waals surface area contributed by atoms with E-state index in [2.05, 4.69) is 12.6 Å². The smallest absolute Gasteiger partial charge is 0.336 e. The summed E-state index contributed by atoms with van der Waals surface area (Å²) < 4.78 is 0. The molecule has 0 aliphatic heterocycles. The first-order valence-electron chi connectivity index (χ1n) is 3.59. The van der Waals surface area contributed by atoms with Gasteiger partial charge < -0.3 is 5.11 Å². The highest BCUT2D eigenvalue weighted by Gasteiger charge is 2.09. The number of thiol groups is 1. The van der Waals surface area contributed by atoms with Crippen molar-refractivity contribution < 1.29 is 14.7 Å². The Morgan fingerprint density at radius 1 is 1.38 bits per heavy atom. The number of hydrogen-bond donors (Lipinski definition) is 2. The first kappa shape index (κ1) is 9.80. The molecule has 0 saturated carbocycles. The van der Waals surface area contributed by atoms with E-state index in [1.807, 2.05) is 0 Å². The van der Waals surface area contributed by atoms with Gasteiger partial charge in [0.25, 0.3) is 0 Å². The van der Waals surface area contributed by atoms with Crippen LogP contribution in [-0.2, 0) is 0 Å². The topological polar surface area (TPSA) is 54.4 Å². The quantitative estimate of drug-likeness (QED) is 0.561. The highest BCUT2D eigenvalue weighted by molar-refractivity contribution is 7.80. The molecule has 1 rings (SSSR count). The second-order valence-electron chi connectivity index (χ2n) is 2.59. The molecule has 1 aromatic rings. The van der Waals surface area contributed by atoms with Gasteiger partial charge in [0.1, 0.15) is 0 Å². The summed E-state index contributed by atoms with van der Waals surface area (Å²) in [5.74, 6) is -1.15. The molecule has 3 nitrogen and oxygen atoms in total. The summed E-state index contributed by atoms with van der Waals surface area (Å²) in [7, 11) is 0. The number of carbonyl (C=O) groups excluding carboxylic acids is 1. The first-order chi connectivity index (χ1) is 6.02. The largest absolute Gasteiger partial charge is 0.478 e. The van der Waals surface area contributed by atoms with E-state index < -0.39 is 5.97 Å². The number of Topliss-reactive ketones (excluding diaryl/α,β-unsaturated/α-hetero) is 1. The zero-order chi connectivity index (χ0) is 10.0. The van der Waals surface area contributed by atoms with Gasteiger partial charge in [-0.15, -0.1) is 12.6 Å². The third kappa shape index (κ3) is 2.09. The molecule has 4 heteroatoms.